The summed E-state index contributed by atoms with van der Waals surface area (Å²) in [5, 5.41) is 3.74. The summed E-state index contributed by atoms with van der Waals surface area (Å²) in [5.74, 6) is 0.0573. The number of ether oxygens (including phenoxy) is 1. The highest BCUT2D eigenvalue weighted by Gasteiger charge is 2.17. The fraction of sp³-hybridized carbons (Fsp3) is 0.421. The molecule has 2 heterocycles. The molecule has 134 valence electrons. The van der Waals surface area contributed by atoms with Gasteiger partial charge in [0, 0.05) is 43.6 Å². The van der Waals surface area contributed by atoms with Crippen LogP contribution in [0.1, 0.15) is 18.0 Å². The van der Waals surface area contributed by atoms with Gasteiger partial charge in [-0.15, -0.1) is 0 Å². The van der Waals surface area contributed by atoms with E-state index in [1.165, 1.54) is 0 Å². The van der Waals surface area contributed by atoms with Crippen LogP contribution in [0.25, 0.3) is 0 Å². The second kappa shape index (κ2) is 9.04. The molecule has 1 aromatic carbocycles. The Bertz CT molecular complexity index is 652. The lowest BCUT2D eigenvalue weighted by Crippen LogP contribution is -2.41. The summed E-state index contributed by atoms with van der Waals surface area (Å²) in [6, 6.07) is 11.6. The lowest BCUT2D eigenvalue weighted by atomic mass is 10.0. The van der Waals surface area contributed by atoms with Gasteiger partial charge in [-0.25, -0.2) is 0 Å². The molecule has 1 aromatic heterocycles. The van der Waals surface area contributed by atoms with E-state index >= 15 is 0 Å². The van der Waals surface area contributed by atoms with Gasteiger partial charge < -0.3 is 14.6 Å². The molecule has 0 aliphatic carbocycles. The minimum atomic E-state index is -0.0318. The van der Waals surface area contributed by atoms with Crippen molar-refractivity contribution in [3.63, 3.8) is 0 Å². The van der Waals surface area contributed by atoms with Gasteiger partial charge in [0.25, 0.3) is 0 Å². The number of amides is 1. The van der Waals surface area contributed by atoms with Gasteiger partial charge in [0.15, 0.2) is 0 Å². The van der Waals surface area contributed by atoms with E-state index in [1.54, 1.807) is 0 Å². The lowest BCUT2D eigenvalue weighted by Gasteiger charge is -2.26. The summed E-state index contributed by atoms with van der Waals surface area (Å²) in [6.45, 7) is 4.96. The maximum atomic E-state index is 12.4. The van der Waals surface area contributed by atoms with E-state index in [0.717, 1.165) is 38.4 Å². The predicted octanol–water partition coefficient (Wildman–Crippen LogP) is 2.57. The molecule has 2 aromatic rings. The van der Waals surface area contributed by atoms with E-state index < -0.39 is 0 Å². The number of rotatable bonds is 7. The van der Waals surface area contributed by atoms with Crippen LogP contribution in [-0.2, 0) is 9.53 Å². The topological polar surface area (TPSA) is 46.5 Å². The number of hydrogen-bond acceptors (Lipinski definition) is 3. The molecule has 0 saturated carbocycles. The predicted molar refractivity (Wildman–Crippen MR) is 98.9 cm³/mol. The Morgan fingerprint density at radius 1 is 1.16 bits per heavy atom. The smallest absolute Gasteiger partial charge is 0.222 e. The van der Waals surface area contributed by atoms with Crippen molar-refractivity contribution < 1.29 is 9.53 Å². The summed E-state index contributed by atoms with van der Waals surface area (Å²) in [6.07, 6.45) is 4.37. The average molecular weight is 362 g/mol. The Labute approximate surface area is 153 Å². The minimum Gasteiger partial charge on any atom is -0.379 e. The van der Waals surface area contributed by atoms with E-state index in [1.807, 2.05) is 48.8 Å². The van der Waals surface area contributed by atoms with Crippen LogP contribution in [0.15, 0.2) is 48.8 Å². The highest BCUT2D eigenvalue weighted by Crippen LogP contribution is 2.23. The van der Waals surface area contributed by atoms with Gasteiger partial charge in [-0.2, -0.15) is 0 Å². The number of halogens is 1. The summed E-state index contributed by atoms with van der Waals surface area (Å²) in [5.41, 5.74) is 1.07. The van der Waals surface area contributed by atoms with E-state index in [4.69, 9.17) is 16.3 Å². The van der Waals surface area contributed by atoms with Crippen molar-refractivity contribution >= 4 is 17.5 Å². The molecule has 25 heavy (non-hydrogen) atoms. The van der Waals surface area contributed by atoms with Crippen LogP contribution >= 0.6 is 11.6 Å². The zero-order valence-electron chi connectivity index (χ0n) is 14.2. The van der Waals surface area contributed by atoms with Crippen LogP contribution in [0, 0.1) is 0 Å². The van der Waals surface area contributed by atoms with Crippen LogP contribution in [-0.4, -0.2) is 54.8 Å². The second-order valence-electron chi connectivity index (χ2n) is 6.21. The summed E-state index contributed by atoms with van der Waals surface area (Å²) in [4.78, 5) is 14.7. The van der Waals surface area contributed by atoms with Crippen molar-refractivity contribution in [2.75, 3.05) is 39.4 Å². The van der Waals surface area contributed by atoms with Gasteiger partial charge in [0.1, 0.15) is 0 Å². The first-order chi connectivity index (χ1) is 12.2. The van der Waals surface area contributed by atoms with Gasteiger partial charge in [-0.1, -0.05) is 23.7 Å². The molecule has 6 heteroatoms. The SMILES string of the molecule is O=C(C[C@H](c1ccc(Cl)cc1)n1cccc1)NCCN1CCOCC1. The van der Waals surface area contributed by atoms with Crippen molar-refractivity contribution in [2.24, 2.45) is 0 Å². The van der Waals surface area contributed by atoms with Gasteiger partial charge in [0.05, 0.1) is 25.7 Å². The number of carbonyl (C=O) groups is 1. The quantitative estimate of drug-likeness (QED) is 0.824. The third-order valence-corrected chi connectivity index (χ3v) is 4.73. The number of aromatic nitrogens is 1. The van der Waals surface area contributed by atoms with Gasteiger partial charge >= 0.3 is 0 Å². The molecule has 1 aliphatic heterocycles. The Hall–Kier alpha value is -1.82. The number of hydrogen-bond donors (Lipinski definition) is 1. The molecular weight excluding hydrogens is 338 g/mol. The van der Waals surface area contributed by atoms with Crippen LogP contribution in [0.3, 0.4) is 0 Å². The van der Waals surface area contributed by atoms with Crippen LogP contribution in [0.2, 0.25) is 5.02 Å². The van der Waals surface area contributed by atoms with Crippen molar-refractivity contribution in [2.45, 2.75) is 12.5 Å². The fourth-order valence-electron chi connectivity index (χ4n) is 3.06. The van der Waals surface area contributed by atoms with Gasteiger partial charge in [-0.3, -0.25) is 9.69 Å². The number of nitrogens with zero attached hydrogens (tertiary/aromatic N) is 2. The molecule has 3 rings (SSSR count). The van der Waals surface area contributed by atoms with Crippen molar-refractivity contribution in [1.29, 1.82) is 0 Å². The number of morpholine rings is 1. The molecule has 0 unspecified atom stereocenters. The maximum Gasteiger partial charge on any atom is 0.222 e. The molecule has 0 spiro atoms. The van der Waals surface area contributed by atoms with Crippen molar-refractivity contribution in [3.05, 3.63) is 59.4 Å². The first-order valence-electron chi connectivity index (χ1n) is 8.67. The molecule has 0 radical (unpaired) electrons. The normalized spacial score (nSPS) is 16.5. The largest absolute Gasteiger partial charge is 0.379 e. The molecule has 0 bridgehead atoms. The van der Waals surface area contributed by atoms with Crippen LogP contribution < -0.4 is 5.32 Å². The van der Waals surface area contributed by atoms with Gasteiger partial charge in [-0.05, 0) is 29.8 Å². The second-order valence-corrected chi connectivity index (χ2v) is 6.64. The molecule has 1 N–H and O–H groups in total. The van der Waals surface area contributed by atoms with E-state index in [9.17, 15) is 4.79 Å². The standard InChI is InChI=1S/C19H24ClN3O2/c20-17-5-3-16(4-6-17)18(23-8-1-2-9-23)15-19(24)21-7-10-22-11-13-25-14-12-22/h1-6,8-9,18H,7,10-15H2,(H,21,24)/t18-/m1/s1. The number of benzene rings is 1. The van der Waals surface area contributed by atoms with E-state index in [0.29, 0.717) is 18.0 Å². The molecular formula is C19H24ClN3O2. The van der Waals surface area contributed by atoms with E-state index in [2.05, 4.69) is 14.8 Å². The Kier molecular flexibility index (Phi) is 6.50. The maximum absolute atomic E-state index is 12.4. The molecule has 5 nitrogen and oxygen atoms in total. The average Bonchev–Trinajstić information content (AvgIpc) is 3.16. The highest BCUT2D eigenvalue weighted by atomic mass is 35.5. The number of carbonyl (C=O) groups excluding carboxylic acids is 1. The van der Waals surface area contributed by atoms with Crippen molar-refractivity contribution in [1.82, 2.24) is 14.8 Å². The summed E-state index contributed by atoms with van der Waals surface area (Å²) < 4.78 is 7.40. The third-order valence-electron chi connectivity index (χ3n) is 4.47. The first kappa shape index (κ1) is 18.0. The molecule has 1 amide bonds. The highest BCUT2D eigenvalue weighted by molar-refractivity contribution is 6.30. The zero-order chi connectivity index (χ0) is 17.5. The summed E-state index contributed by atoms with van der Waals surface area (Å²) >= 11 is 5.99. The Balaban J connectivity index is 1.56. The Morgan fingerprint density at radius 2 is 1.84 bits per heavy atom. The minimum absolute atomic E-state index is 0.0318. The number of nitrogens with one attached hydrogen (secondary N) is 1. The third kappa shape index (κ3) is 5.33. The van der Waals surface area contributed by atoms with Crippen molar-refractivity contribution in [3.8, 4) is 0 Å². The lowest BCUT2D eigenvalue weighted by molar-refractivity contribution is -0.121. The monoisotopic (exact) mass is 361 g/mol. The molecule has 1 fully saturated rings. The zero-order valence-corrected chi connectivity index (χ0v) is 15.0. The Morgan fingerprint density at radius 3 is 2.52 bits per heavy atom. The molecule has 1 aliphatic rings. The first-order valence-corrected chi connectivity index (χ1v) is 9.05. The summed E-state index contributed by atoms with van der Waals surface area (Å²) in [7, 11) is 0. The molecule has 1 atom stereocenters. The van der Waals surface area contributed by atoms with Gasteiger partial charge in [0.2, 0.25) is 5.91 Å². The molecule has 1 saturated heterocycles. The fourth-order valence-corrected chi connectivity index (χ4v) is 3.19. The van der Waals surface area contributed by atoms with Crippen LogP contribution in [0.5, 0.6) is 0 Å². The van der Waals surface area contributed by atoms with E-state index in [-0.39, 0.29) is 11.9 Å². The van der Waals surface area contributed by atoms with Crippen LogP contribution in [0.4, 0.5) is 0 Å².